The fourth-order valence-corrected chi connectivity index (χ4v) is 2.67. The van der Waals surface area contributed by atoms with E-state index in [-0.39, 0.29) is 17.4 Å². The van der Waals surface area contributed by atoms with Crippen LogP contribution in [-0.4, -0.2) is 15.9 Å². The first kappa shape index (κ1) is 15.7. The summed E-state index contributed by atoms with van der Waals surface area (Å²) in [6.07, 6.45) is 5.40. The molecule has 0 fully saturated rings. The first-order valence-electron chi connectivity index (χ1n) is 7.64. The normalized spacial score (nSPS) is 16.5. The summed E-state index contributed by atoms with van der Waals surface area (Å²) in [7, 11) is 0. The molecule has 1 aliphatic rings. The zero-order chi connectivity index (χ0) is 16.9. The van der Waals surface area contributed by atoms with E-state index in [9.17, 15) is 15.2 Å². The number of rotatable bonds is 4. The lowest BCUT2D eigenvalue weighted by Crippen LogP contribution is -2.26. The number of hydrogen-bond donors (Lipinski definition) is 2. The van der Waals surface area contributed by atoms with Crippen molar-refractivity contribution in [1.29, 1.82) is 0 Å². The molecule has 0 saturated heterocycles. The number of aliphatic imine (C=N–C) groups is 1. The minimum Gasteiger partial charge on any atom is -0.506 e. The van der Waals surface area contributed by atoms with Gasteiger partial charge in [-0.15, -0.1) is 0 Å². The van der Waals surface area contributed by atoms with Crippen LogP contribution in [0.3, 0.4) is 0 Å². The summed E-state index contributed by atoms with van der Waals surface area (Å²) in [5, 5.41) is 23.9. The Bertz CT molecular complexity index is 800. The van der Waals surface area contributed by atoms with Gasteiger partial charge in [0.1, 0.15) is 11.6 Å². The van der Waals surface area contributed by atoms with Crippen LogP contribution in [0.2, 0.25) is 0 Å². The molecule has 2 N–H and O–H groups in total. The molecule has 3 rings (SSSR count). The van der Waals surface area contributed by atoms with Crippen LogP contribution >= 0.6 is 0 Å². The molecule has 0 radical (unpaired) electrons. The summed E-state index contributed by atoms with van der Waals surface area (Å²) < 4.78 is 0. The number of nitro benzene ring substituents is 1. The zero-order valence-corrected chi connectivity index (χ0v) is 12.9. The van der Waals surface area contributed by atoms with Gasteiger partial charge >= 0.3 is 0 Å². The molecule has 6 heteroatoms. The van der Waals surface area contributed by atoms with Gasteiger partial charge in [-0.2, -0.15) is 0 Å². The number of aromatic hydroxyl groups is 1. The number of nitrogens with one attached hydrogen (secondary N) is 1. The van der Waals surface area contributed by atoms with Gasteiger partial charge in [-0.25, -0.2) is 4.99 Å². The van der Waals surface area contributed by atoms with Crippen molar-refractivity contribution < 1.29 is 10.0 Å². The Kier molecular flexibility index (Phi) is 4.56. The molecule has 2 aromatic carbocycles. The third-order valence-electron chi connectivity index (χ3n) is 3.91. The summed E-state index contributed by atoms with van der Waals surface area (Å²) in [5.74, 6) is 0.734. The highest BCUT2D eigenvalue weighted by Gasteiger charge is 2.20. The smallest absolute Gasteiger partial charge is 0.273 e. The minimum absolute atomic E-state index is 0.149. The van der Waals surface area contributed by atoms with Crippen molar-refractivity contribution >= 4 is 17.2 Å². The van der Waals surface area contributed by atoms with E-state index in [1.807, 2.05) is 24.3 Å². The number of non-ortho nitro benzene ring substituents is 1. The number of allylic oxidation sites excluding steroid dienone is 1. The molecule has 0 bridgehead atoms. The highest BCUT2D eigenvalue weighted by atomic mass is 16.6. The standard InChI is InChI=1S/C18H17N3O3/c22-17-12-15(21(23)24)8-9-16(17)20-18-14(7-4-10-19-18)11-13-5-2-1-3-6-13/h1-6,8-10,12,14,22H,7,11H2,(H,19,20). The van der Waals surface area contributed by atoms with Gasteiger partial charge in [0.25, 0.3) is 5.69 Å². The molecule has 0 spiro atoms. The van der Waals surface area contributed by atoms with Crippen molar-refractivity contribution in [3.05, 3.63) is 76.5 Å². The third kappa shape index (κ3) is 3.60. The molecule has 1 atom stereocenters. The quantitative estimate of drug-likeness (QED) is 0.507. The molecule has 1 unspecified atom stereocenters. The molecule has 0 aliphatic carbocycles. The fourth-order valence-electron chi connectivity index (χ4n) is 2.67. The third-order valence-corrected chi connectivity index (χ3v) is 3.91. The first-order valence-corrected chi connectivity index (χ1v) is 7.64. The molecule has 0 amide bonds. The molecule has 1 aliphatic heterocycles. The Morgan fingerprint density at radius 1 is 1.25 bits per heavy atom. The maximum absolute atomic E-state index is 10.8. The van der Waals surface area contributed by atoms with Crippen LogP contribution in [0.4, 0.5) is 11.4 Å². The van der Waals surface area contributed by atoms with Crippen molar-refractivity contribution in [2.24, 2.45) is 10.9 Å². The highest BCUT2D eigenvalue weighted by molar-refractivity contribution is 5.99. The summed E-state index contributed by atoms with van der Waals surface area (Å²) in [4.78, 5) is 14.6. The van der Waals surface area contributed by atoms with E-state index in [1.54, 1.807) is 6.20 Å². The van der Waals surface area contributed by atoms with Crippen LogP contribution in [0.5, 0.6) is 5.75 Å². The number of nitro groups is 1. The molecule has 0 aromatic heterocycles. The van der Waals surface area contributed by atoms with Crippen LogP contribution in [-0.2, 0) is 6.42 Å². The Morgan fingerprint density at radius 2 is 2.04 bits per heavy atom. The maximum Gasteiger partial charge on any atom is 0.273 e. The van der Waals surface area contributed by atoms with E-state index in [0.717, 1.165) is 24.7 Å². The maximum atomic E-state index is 10.8. The SMILES string of the molecule is O=[N+]([O-])c1ccc(NC2=NC=CCC2Cc2ccccc2)c(O)c1. The number of benzene rings is 2. The fraction of sp³-hybridized carbons (Fsp3) is 0.167. The van der Waals surface area contributed by atoms with Crippen LogP contribution < -0.4 is 5.32 Å². The van der Waals surface area contributed by atoms with Gasteiger partial charge in [-0.1, -0.05) is 36.4 Å². The molecule has 2 aromatic rings. The highest BCUT2D eigenvalue weighted by Crippen LogP contribution is 2.29. The number of amidine groups is 1. The van der Waals surface area contributed by atoms with Gasteiger partial charge < -0.3 is 10.4 Å². The largest absolute Gasteiger partial charge is 0.506 e. The molecular formula is C18H17N3O3. The molecule has 1 heterocycles. The predicted octanol–water partition coefficient (Wildman–Crippen LogP) is 3.89. The van der Waals surface area contributed by atoms with Crippen LogP contribution in [0.1, 0.15) is 12.0 Å². The second-order valence-electron chi connectivity index (χ2n) is 5.61. The molecular weight excluding hydrogens is 306 g/mol. The Hall–Kier alpha value is -3.15. The number of nitrogens with zero attached hydrogens (tertiary/aromatic N) is 2. The van der Waals surface area contributed by atoms with E-state index < -0.39 is 4.92 Å². The number of hydrogen-bond acceptors (Lipinski definition) is 5. The van der Waals surface area contributed by atoms with Gasteiger partial charge in [0.05, 0.1) is 16.7 Å². The summed E-state index contributed by atoms with van der Waals surface area (Å²) in [6, 6.07) is 14.1. The van der Waals surface area contributed by atoms with E-state index in [1.165, 1.54) is 17.7 Å². The Balaban J connectivity index is 1.78. The molecule has 0 saturated carbocycles. The van der Waals surface area contributed by atoms with Crippen molar-refractivity contribution in [3.63, 3.8) is 0 Å². The lowest BCUT2D eigenvalue weighted by molar-refractivity contribution is -0.384. The number of phenols is 1. The Morgan fingerprint density at radius 3 is 2.75 bits per heavy atom. The summed E-state index contributed by atoms with van der Waals surface area (Å²) >= 11 is 0. The van der Waals surface area contributed by atoms with Crippen LogP contribution in [0, 0.1) is 16.0 Å². The van der Waals surface area contributed by atoms with Crippen molar-refractivity contribution in [3.8, 4) is 5.75 Å². The predicted molar refractivity (Wildman–Crippen MR) is 93.2 cm³/mol. The van der Waals surface area contributed by atoms with E-state index in [2.05, 4.69) is 22.4 Å². The van der Waals surface area contributed by atoms with Crippen LogP contribution in [0.15, 0.2) is 65.8 Å². The lowest BCUT2D eigenvalue weighted by atomic mass is 9.93. The van der Waals surface area contributed by atoms with Gasteiger partial charge in [-0.3, -0.25) is 10.1 Å². The number of phenolic OH excluding ortho intramolecular Hbond substituents is 1. The minimum atomic E-state index is -0.539. The van der Waals surface area contributed by atoms with Crippen molar-refractivity contribution in [2.45, 2.75) is 12.8 Å². The average Bonchev–Trinajstić information content (AvgIpc) is 2.59. The number of anilines is 1. The van der Waals surface area contributed by atoms with Gasteiger partial charge in [0, 0.05) is 18.2 Å². The van der Waals surface area contributed by atoms with Crippen molar-refractivity contribution in [1.82, 2.24) is 0 Å². The molecule has 122 valence electrons. The second kappa shape index (κ2) is 6.95. The average molecular weight is 323 g/mol. The summed E-state index contributed by atoms with van der Waals surface area (Å²) in [5.41, 5.74) is 1.47. The van der Waals surface area contributed by atoms with Gasteiger partial charge in [-0.05, 0) is 24.5 Å². The molecule has 6 nitrogen and oxygen atoms in total. The monoisotopic (exact) mass is 323 g/mol. The second-order valence-corrected chi connectivity index (χ2v) is 5.61. The Labute approximate surface area is 139 Å². The zero-order valence-electron chi connectivity index (χ0n) is 12.9. The van der Waals surface area contributed by atoms with E-state index in [0.29, 0.717) is 5.69 Å². The van der Waals surface area contributed by atoms with Gasteiger partial charge in [0.15, 0.2) is 0 Å². The van der Waals surface area contributed by atoms with E-state index in [4.69, 9.17) is 0 Å². The topological polar surface area (TPSA) is 87.8 Å². The van der Waals surface area contributed by atoms with Crippen molar-refractivity contribution in [2.75, 3.05) is 5.32 Å². The molecule has 24 heavy (non-hydrogen) atoms. The van der Waals surface area contributed by atoms with Crippen LogP contribution in [0.25, 0.3) is 0 Å². The first-order chi connectivity index (χ1) is 11.6. The van der Waals surface area contributed by atoms with Gasteiger partial charge in [0.2, 0.25) is 0 Å². The van der Waals surface area contributed by atoms with E-state index >= 15 is 0 Å². The summed E-state index contributed by atoms with van der Waals surface area (Å²) in [6.45, 7) is 0. The lowest BCUT2D eigenvalue weighted by Gasteiger charge is -2.22.